The molecule has 0 spiro atoms. The van der Waals surface area contributed by atoms with E-state index < -0.39 is 0 Å². The molecule has 0 unspecified atom stereocenters. The van der Waals surface area contributed by atoms with E-state index in [1.807, 2.05) is 30.5 Å². The van der Waals surface area contributed by atoms with Gasteiger partial charge in [0, 0.05) is 25.0 Å². The molecule has 0 fully saturated rings. The summed E-state index contributed by atoms with van der Waals surface area (Å²) in [5.74, 6) is 0.945. The van der Waals surface area contributed by atoms with Gasteiger partial charge in [0.15, 0.2) is 5.82 Å². The molecule has 0 aromatic carbocycles. The third-order valence-corrected chi connectivity index (χ3v) is 4.14. The molecule has 1 atom stereocenters. The third-order valence-electron chi connectivity index (χ3n) is 4.14. The van der Waals surface area contributed by atoms with Gasteiger partial charge in [-0.1, -0.05) is 19.4 Å². The van der Waals surface area contributed by atoms with E-state index >= 15 is 0 Å². The second kappa shape index (κ2) is 7.94. The van der Waals surface area contributed by atoms with Crippen LogP contribution in [0.25, 0.3) is 11.0 Å². The number of nitrogens with zero attached hydrogens (tertiary/aromatic N) is 4. The maximum absolute atomic E-state index is 9.31. The molecule has 25 heavy (non-hydrogen) atoms. The lowest BCUT2D eigenvalue weighted by Crippen LogP contribution is -2.22. The minimum atomic E-state index is 0.135. The predicted molar refractivity (Wildman–Crippen MR) is 99.3 cm³/mol. The lowest BCUT2D eigenvalue weighted by atomic mass is 10.1. The molecule has 7 nitrogen and oxygen atoms in total. The highest BCUT2D eigenvalue weighted by Crippen LogP contribution is 2.25. The molecule has 0 saturated heterocycles. The van der Waals surface area contributed by atoms with Crippen molar-refractivity contribution < 1.29 is 5.11 Å². The first-order valence-electron chi connectivity index (χ1n) is 8.61. The van der Waals surface area contributed by atoms with Crippen LogP contribution < -0.4 is 11.1 Å². The van der Waals surface area contributed by atoms with Crippen molar-refractivity contribution in [2.75, 3.05) is 17.7 Å². The van der Waals surface area contributed by atoms with Crippen LogP contribution in [0.4, 0.5) is 11.8 Å². The number of anilines is 2. The van der Waals surface area contributed by atoms with Crippen molar-refractivity contribution in [3.05, 3.63) is 42.4 Å². The van der Waals surface area contributed by atoms with Gasteiger partial charge in [0.2, 0.25) is 5.95 Å². The Morgan fingerprint density at radius 3 is 2.84 bits per heavy atom. The van der Waals surface area contributed by atoms with Crippen molar-refractivity contribution in [2.45, 2.75) is 38.8 Å². The molecule has 0 amide bonds. The first-order valence-corrected chi connectivity index (χ1v) is 8.61. The number of nitrogen functional groups attached to an aromatic ring is 1. The Hall–Kier alpha value is -2.67. The van der Waals surface area contributed by atoms with Gasteiger partial charge in [0.05, 0.1) is 17.8 Å². The predicted octanol–water partition coefficient (Wildman–Crippen LogP) is 2.42. The first kappa shape index (κ1) is 17.2. The summed E-state index contributed by atoms with van der Waals surface area (Å²) in [5, 5.41) is 12.8. The summed E-state index contributed by atoms with van der Waals surface area (Å²) in [5.41, 5.74) is 8.54. The first-order chi connectivity index (χ1) is 12.2. The van der Waals surface area contributed by atoms with Gasteiger partial charge >= 0.3 is 0 Å². The fraction of sp³-hybridized carbons (Fsp3) is 0.389. The molecule has 0 saturated carbocycles. The summed E-state index contributed by atoms with van der Waals surface area (Å²) in [7, 11) is 0. The molecule has 0 bridgehead atoms. The zero-order chi connectivity index (χ0) is 17.6. The number of hydrogen-bond donors (Lipinski definition) is 3. The van der Waals surface area contributed by atoms with E-state index in [-0.39, 0.29) is 18.6 Å². The Kier molecular flexibility index (Phi) is 5.45. The smallest absolute Gasteiger partial charge is 0.222 e. The van der Waals surface area contributed by atoms with Gasteiger partial charge < -0.3 is 20.7 Å². The van der Waals surface area contributed by atoms with E-state index in [2.05, 4.69) is 31.8 Å². The fourth-order valence-corrected chi connectivity index (χ4v) is 3.01. The number of pyridine rings is 1. The minimum Gasteiger partial charge on any atom is -0.396 e. The van der Waals surface area contributed by atoms with Crippen molar-refractivity contribution in [3.8, 4) is 0 Å². The van der Waals surface area contributed by atoms with Gasteiger partial charge in [0.1, 0.15) is 5.52 Å². The Bertz CT molecular complexity index is 811. The summed E-state index contributed by atoms with van der Waals surface area (Å²) in [6.07, 6.45) is 6.40. The fourth-order valence-electron chi connectivity index (χ4n) is 3.01. The Balaban J connectivity index is 1.97. The van der Waals surface area contributed by atoms with Crippen molar-refractivity contribution in [1.82, 2.24) is 19.5 Å². The molecule has 0 aliphatic rings. The van der Waals surface area contributed by atoms with Gasteiger partial charge in [-0.15, -0.1) is 0 Å². The summed E-state index contributed by atoms with van der Waals surface area (Å²) in [6, 6.07) is 7.94. The quantitative estimate of drug-likeness (QED) is 0.582. The van der Waals surface area contributed by atoms with Crippen LogP contribution in [0.2, 0.25) is 0 Å². The van der Waals surface area contributed by atoms with E-state index in [0.717, 1.165) is 29.6 Å². The zero-order valence-electron chi connectivity index (χ0n) is 14.4. The van der Waals surface area contributed by atoms with Crippen LogP contribution in [0.15, 0.2) is 36.7 Å². The van der Waals surface area contributed by atoms with E-state index in [1.54, 1.807) is 6.20 Å². The molecular formula is C18H24N6O. The minimum absolute atomic E-state index is 0.135. The molecule has 132 valence electrons. The van der Waals surface area contributed by atoms with Crippen LogP contribution >= 0.6 is 0 Å². The number of fused-ring (bicyclic) bond motifs is 1. The lowest BCUT2D eigenvalue weighted by Gasteiger charge is -2.19. The molecule has 0 aliphatic carbocycles. The van der Waals surface area contributed by atoms with E-state index in [1.165, 1.54) is 0 Å². The summed E-state index contributed by atoms with van der Waals surface area (Å²) in [4.78, 5) is 13.1. The second-order valence-electron chi connectivity index (χ2n) is 6.07. The number of rotatable bonds is 8. The van der Waals surface area contributed by atoms with Crippen molar-refractivity contribution in [3.63, 3.8) is 0 Å². The highest BCUT2D eigenvalue weighted by molar-refractivity contribution is 5.87. The van der Waals surface area contributed by atoms with Crippen molar-refractivity contribution in [1.29, 1.82) is 0 Å². The molecule has 7 heteroatoms. The van der Waals surface area contributed by atoms with Crippen LogP contribution in [0.3, 0.4) is 0 Å². The molecule has 0 radical (unpaired) electrons. The number of nitrogens with two attached hydrogens (primary N) is 1. The SMILES string of the molecule is CCC[C@@H](CCO)Nc1nc(N)nc2ccn(Cc3ccccn3)c12. The molecular weight excluding hydrogens is 316 g/mol. The second-order valence-corrected chi connectivity index (χ2v) is 6.07. The summed E-state index contributed by atoms with van der Waals surface area (Å²) in [6.45, 7) is 2.89. The number of hydrogen-bond acceptors (Lipinski definition) is 6. The van der Waals surface area contributed by atoms with Gasteiger partial charge in [-0.25, -0.2) is 4.98 Å². The van der Waals surface area contributed by atoms with Gasteiger partial charge in [-0.3, -0.25) is 4.98 Å². The Labute approximate surface area is 146 Å². The number of aliphatic hydroxyl groups excluding tert-OH is 1. The highest BCUT2D eigenvalue weighted by atomic mass is 16.3. The molecule has 3 rings (SSSR count). The van der Waals surface area contributed by atoms with Gasteiger partial charge in [-0.2, -0.15) is 4.98 Å². The van der Waals surface area contributed by atoms with Crippen molar-refractivity contribution >= 4 is 22.8 Å². The monoisotopic (exact) mass is 340 g/mol. The topological polar surface area (TPSA) is 102 Å². The standard InChI is InChI=1S/C18H24N6O/c1-2-5-13(8-11-25)21-17-16-15(22-18(19)23-17)7-10-24(16)12-14-6-3-4-9-20-14/h3-4,6-7,9-10,13,25H,2,5,8,11-12H2,1H3,(H3,19,21,22,23)/t13-/m0/s1. The van der Waals surface area contributed by atoms with Crippen LogP contribution in [0, 0.1) is 0 Å². The third kappa shape index (κ3) is 4.06. The van der Waals surface area contributed by atoms with Gasteiger partial charge in [-0.05, 0) is 31.0 Å². The average molecular weight is 340 g/mol. The zero-order valence-corrected chi connectivity index (χ0v) is 14.4. The number of aliphatic hydroxyl groups is 1. The Morgan fingerprint density at radius 1 is 1.24 bits per heavy atom. The van der Waals surface area contributed by atoms with Crippen LogP contribution in [-0.2, 0) is 6.54 Å². The normalized spacial score (nSPS) is 12.4. The molecule has 3 aromatic rings. The number of nitrogens with one attached hydrogen (secondary N) is 1. The van der Waals surface area contributed by atoms with Crippen LogP contribution in [0.5, 0.6) is 0 Å². The Morgan fingerprint density at radius 2 is 2.12 bits per heavy atom. The molecule has 4 N–H and O–H groups in total. The van der Waals surface area contributed by atoms with Crippen LogP contribution in [-0.4, -0.2) is 37.3 Å². The maximum atomic E-state index is 9.31. The largest absolute Gasteiger partial charge is 0.396 e. The van der Waals surface area contributed by atoms with Crippen molar-refractivity contribution in [2.24, 2.45) is 0 Å². The summed E-state index contributed by atoms with van der Waals surface area (Å²) < 4.78 is 2.07. The van der Waals surface area contributed by atoms with Gasteiger partial charge in [0.25, 0.3) is 0 Å². The molecule has 3 aromatic heterocycles. The average Bonchev–Trinajstić information content (AvgIpc) is 2.99. The van der Waals surface area contributed by atoms with E-state index in [9.17, 15) is 5.11 Å². The highest BCUT2D eigenvalue weighted by Gasteiger charge is 2.15. The maximum Gasteiger partial charge on any atom is 0.222 e. The molecule has 3 heterocycles. The van der Waals surface area contributed by atoms with Crippen LogP contribution in [0.1, 0.15) is 31.9 Å². The van der Waals surface area contributed by atoms with E-state index in [4.69, 9.17) is 5.73 Å². The lowest BCUT2D eigenvalue weighted by molar-refractivity contribution is 0.276. The number of aromatic nitrogens is 4. The molecule has 0 aliphatic heterocycles. The summed E-state index contributed by atoms with van der Waals surface area (Å²) >= 11 is 0. The van der Waals surface area contributed by atoms with E-state index in [0.29, 0.717) is 18.8 Å².